The molecule has 0 aliphatic rings. The molecule has 0 amide bonds. The highest BCUT2D eigenvalue weighted by atomic mass is 16.5. The molecule has 4 nitrogen and oxygen atoms in total. The predicted molar refractivity (Wildman–Crippen MR) is 101 cm³/mol. The van der Waals surface area contributed by atoms with Gasteiger partial charge in [0.25, 0.3) is 0 Å². The monoisotopic (exact) mass is 335 g/mol. The van der Waals surface area contributed by atoms with Crippen LogP contribution in [0.25, 0.3) is 0 Å². The number of rotatable bonds is 7. The minimum atomic E-state index is 0.223. The minimum Gasteiger partial charge on any atom is -0.496 e. The second kappa shape index (κ2) is 7.99. The third-order valence-electron chi connectivity index (χ3n) is 4.41. The van der Waals surface area contributed by atoms with Crippen molar-refractivity contribution in [2.45, 2.75) is 33.0 Å². The fraction of sp³-hybridized carbons (Fsp3) is 0.286. The molecule has 0 saturated heterocycles. The molecule has 3 aromatic rings. The fourth-order valence-corrected chi connectivity index (χ4v) is 2.93. The van der Waals surface area contributed by atoms with Crippen molar-refractivity contribution in [2.24, 2.45) is 0 Å². The molecule has 0 aliphatic carbocycles. The maximum atomic E-state index is 5.49. The Morgan fingerprint density at radius 3 is 2.56 bits per heavy atom. The molecule has 0 bridgehead atoms. The molecule has 1 heterocycles. The van der Waals surface area contributed by atoms with Crippen LogP contribution in [0, 0.1) is 6.92 Å². The number of hydrogen-bond acceptors (Lipinski definition) is 3. The zero-order valence-electron chi connectivity index (χ0n) is 15.1. The van der Waals surface area contributed by atoms with Crippen LogP contribution in [0.5, 0.6) is 5.75 Å². The normalized spacial score (nSPS) is 12.1. The lowest BCUT2D eigenvalue weighted by molar-refractivity contribution is 0.401. The van der Waals surface area contributed by atoms with Crippen LogP contribution < -0.4 is 10.1 Å². The van der Waals surface area contributed by atoms with Gasteiger partial charge in [0.2, 0.25) is 0 Å². The molecule has 0 saturated carbocycles. The van der Waals surface area contributed by atoms with E-state index in [2.05, 4.69) is 65.1 Å². The Balaban J connectivity index is 1.60. The van der Waals surface area contributed by atoms with E-state index in [1.807, 2.05) is 18.6 Å². The predicted octanol–water partition coefficient (Wildman–Crippen LogP) is 4.10. The molecule has 1 N–H and O–H groups in total. The largest absolute Gasteiger partial charge is 0.496 e. The zero-order valence-corrected chi connectivity index (χ0v) is 15.1. The molecule has 2 aromatic carbocycles. The Labute approximate surface area is 149 Å². The van der Waals surface area contributed by atoms with Gasteiger partial charge in [0.15, 0.2) is 0 Å². The van der Waals surface area contributed by atoms with Gasteiger partial charge < -0.3 is 14.6 Å². The third-order valence-corrected chi connectivity index (χ3v) is 4.41. The van der Waals surface area contributed by atoms with Gasteiger partial charge in [-0.3, -0.25) is 0 Å². The summed E-state index contributed by atoms with van der Waals surface area (Å²) in [5.74, 6) is 0.932. The van der Waals surface area contributed by atoms with E-state index >= 15 is 0 Å². The van der Waals surface area contributed by atoms with Crippen molar-refractivity contribution in [3.63, 3.8) is 0 Å². The standard InChI is InChI=1S/C21H25N3O/c1-16-4-9-21(25-3)20(12-16)17(2)23-13-18-5-7-19(8-6-18)14-24-11-10-22-15-24/h4-12,15,17,23H,13-14H2,1-3H3/t17-/m1/s1. The van der Waals surface area contributed by atoms with Gasteiger partial charge in [-0.05, 0) is 31.0 Å². The van der Waals surface area contributed by atoms with Crippen LogP contribution in [0.2, 0.25) is 0 Å². The summed E-state index contributed by atoms with van der Waals surface area (Å²) in [5.41, 5.74) is 4.98. The quantitative estimate of drug-likeness (QED) is 0.706. The Hall–Kier alpha value is -2.59. The van der Waals surface area contributed by atoms with E-state index in [1.54, 1.807) is 13.3 Å². The number of aromatic nitrogens is 2. The van der Waals surface area contributed by atoms with Gasteiger partial charge in [-0.2, -0.15) is 0 Å². The zero-order chi connectivity index (χ0) is 17.6. The number of hydrogen-bond donors (Lipinski definition) is 1. The molecular weight excluding hydrogens is 310 g/mol. The van der Waals surface area contributed by atoms with Crippen molar-refractivity contribution in [1.82, 2.24) is 14.9 Å². The van der Waals surface area contributed by atoms with Gasteiger partial charge >= 0.3 is 0 Å². The molecule has 25 heavy (non-hydrogen) atoms. The lowest BCUT2D eigenvalue weighted by Crippen LogP contribution is -2.18. The smallest absolute Gasteiger partial charge is 0.123 e. The molecular formula is C21H25N3O. The SMILES string of the molecule is COc1ccc(C)cc1[C@@H](C)NCc1ccc(Cn2ccnc2)cc1. The Bertz CT molecular complexity index is 795. The van der Waals surface area contributed by atoms with Gasteiger partial charge in [-0.25, -0.2) is 4.98 Å². The number of methoxy groups -OCH3 is 1. The number of ether oxygens (including phenoxy) is 1. The first-order valence-electron chi connectivity index (χ1n) is 8.57. The van der Waals surface area contributed by atoms with E-state index in [1.165, 1.54) is 22.3 Å². The molecule has 4 heteroatoms. The average molecular weight is 335 g/mol. The average Bonchev–Trinajstić information content (AvgIpc) is 3.14. The van der Waals surface area contributed by atoms with E-state index in [-0.39, 0.29) is 6.04 Å². The van der Waals surface area contributed by atoms with Crippen LogP contribution in [-0.4, -0.2) is 16.7 Å². The Morgan fingerprint density at radius 2 is 1.88 bits per heavy atom. The summed E-state index contributed by atoms with van der Waals surface area (Å²) < 4.78 is 7.56. The topological polar surface area (TPSA) is 39.1 Å². The maximum Gasteiger partial charge on any atom is 0.123 e. The molecule has 130 valence electrons. The first-order chi connectivity index (χ1) is 12.2. The van der Waals surface area contributed by atoms with Crippen molar-refractivity contribution < 1.29 is 4.74 Å². The number of aryl methyl sites for hydroxylation is 1. The lowest BCUT2D eigenvalue weighted by atomic mass is 10.0. The second-order valence-electron chi connectivity index (χ2n) is 6.40. The Morgan fingerprint density at radius 1 is 1.12 bits per heavy atom. The van der Waals surface area contributed by atoms with Crippen molar-refractivity contribution in [3.8, 4) is 5.75 Å². The first-order valence-corrected chi connectivity index (χ1v) is 8.57. The number of imidazole rings is 1. The van der Waals surface area contributed by atoms with Crippen LogP contribution in [0.1, 0.15) is 35.2 Å². The fourth-order valence-electron chi connectivity index (χ4n) is 2.93. The molecule has 3 rings (SSSR count). The molecule has 0 unspecified atom stereocenters. The van der Waals surface area contributed by atoms with Crippen LogP contribution >= 0.6 is 0 Å². The van der Waals surface area contributed by atoms with Gasteiger partial charge in [-0.15, -0.1) is 0 Å². The first kappa shape index (κ1) is 17.2. The molecule has 1 atom stereocenters. The van der Waals surface area contributed by atoms with Crippen LogP contribution in [-0.2, 0) is 13.1 Å². The molecule has 0 radical (unpaired) electrons. The third kappa shape index (κ3) is 4.48. The number of nitrogens with one attached hydrogen (secondary N) is 1. The highest BCUT2D eigenvalue weighted by Crippen LogP contribution is 2.26. The van der Waals surface area contributed by atoms with Crippen LogP contribution in [0.3, 0.4) is 0 Å². The lowest BCUT2D eigenvalue weighted by Gasteiger charge is -2.18. The highest BCUT2D eigenvalue weighted by Gasteiger charge is 2.11. The van der Waals surface area contributed by atoms with Crippen molar-refractivity contribution >= 4 is 0 Å². The van der Waals surface area contributed by atoms with Gasteiger partial charge in [-0.1, -0.05) is 42.0 Å². The van der Waals surface area contributed by atoms with E-state index in [0.29, 0.717) is 0 Å². The summed E-state index contributed by atoms with van der Waals surface area (Å²) in [5, 5.41) is 3.59. The summed E-state index contributed by atoms with van der Waals surface area (Å²) in [6.07, 6.45) is 5.62. The van der Waals surface area contributed by atoms with Crippen molar-refractivity contribution in [2.75, 3.05) is 7.11 Å². The summed E-state index contributed by atoms with van der Waals surface area (Å²) in [6, 6.07) is 15.2. The second-order valence-corrected chi connectivity index (χ2v) is 6.40. The van der Waals surface area contributed by atoms with E-state index in [9.17, 15) is 0 Å². The van der Waals surface area contributed by atoms with Crippen molar-refractivity contribution in [3.05, 3.63) is 83.4 Å². The molecule has 1 aromatic heterocycles. The molecule has 0 fully saturated rings. The van der Waals surface area contributed by atoms with Gasteiger partial charge in [0.05, 0.1) is 13.4 Å². The van der Waals surface area contributed by atoms with E-state index < -0.39 is 0 Å². The summed E-state index contributed by atoms with van der Waals surface area (Å²) in [7, 11) is 1.72. The maximum absolute atomic E-state index is 5.49. The molecule has 0 spiro atoms. The van der Waals surface area contributed by atoms with Gasteiger partial charge in [0.1, 0.15) is 5.75 Å². The van der Waals surface area contributed by atoms with Crippen LogP contribution in [0.4, 0.5) is 0 Å². The van der Waals surface area contributed by atoms with E-state index in [0.717, 1.165) is 18.8 Å². The Kier molecular flexibility index (Phi) is 5.51. The minimum absolute atomic E-state index is 0.223. The van der Waals surface area contributed by atoms with Crippen LogP contribution in [0.15, 0.2) is 61.2 Å². The summed E-state index contributed by atoms with van der Waals surface area (Å²) in [4.78, 5) is 4.08. The number of benzene rings is 2. The number of nitrogens with zero attached hydrogens (tertiary/aromatic N) is 2. The summed E-state index contributed by atoms with van der Waals surface area (Å²) >= 11 is 0. The highest BCUT2D eigenvalue weighted by molar-refractivity contribution is 5.39. The summed E-state index contributed by atoms with van der Waals surface area (Å²) in [6.45, 7) is 5.95. The van der Waals surface area contributed by atoms with Gasteiger partial charge in [0, 0.05) is 37.1 Å². The van der Waals surface area contributed by atoms with Crippen molar-refractivity contribution in [1.29, 1.82) is 0 Å². The molecule has 0 aliphatic heterocycles. The van der Waals surface area contributed by atoms with E-state index in [4.69, 9.17) is 4.74 Å².